The second-order valence-corrected chi connectivity index (χ2v) is 5.34. The van der Waals surface area contributed by atoms with Crippen molar-refractivity contribution in [2.75, 3.05) is 46.9 Å². The molecule has 0 unspecified atom stereocenters. The molecule has 0 bridgehead atoms. The Balaban J connectivity index is 2.09. The minimum absolute atomic E-state index is 0.0404. The normalized spacial score (nSPS) is 20.8. The SMILES string of the molecule is COC[C@H]1CN(C)CCN(C(=O)c2ccc(F)cc2)C1. The van der Waals surface area contributed by atoms with E-state index in [-0.39, 0.29) is 11.7 Å². The summed E-state index contributed by atoms with van der Waals surface area (Å²) in [5.74, 6) is -0.0623. The van der Waals surface area contributed by atoms with Gasteiger partial charge in [-0.2, -0.15) is 0 Å². The highest BCUT2D eigenvalue weighted by Crippen LogP contribution is 2.13. The molecule has 1 amide bonds. The molecular formula is C15H21FN2O2. The van der Waals surface area contributed by atoms with Gasteiger partial charge in [-0.05, 0) is 31.3 Å². The molecule has 0 N–H and O–H groups in total. The molecule has 1 aliphatic heterocycles. The number of hydrogen-bond donors (Lipinski definition) is 0. The van der Waals surface area contributed by atoms with Gasteiger partial charge in [0.15, 0.2) is 0 Å². The van der Waals surface area contributed by atoms with Gasteiger partial charge in [-0.25, -0.2) is 4.39 Å². The van der Waals surface area contributed by atoms with Crippen molar-refractivity contribution in [1.82, 2.24) is 9.80 Å². The number of benzene rings is 1. The second-order valence-electron chi connectivity index (χ2n) is 5.34. The van der Waals surface area contributed by atoms with Crippen molar-refractivity contribution in [3.05, 3.63) is 35.6 Å². The molecule has 20 heavy (non-hydrogen) atoms. The van der Waals surface area contributed by atoms with E-state index in [1.165, 1.54) is 24.3 Å². The van der Waals surface area contributed by atoms with Crippen LogP contribution in [-0.2, 0) is 4.74 Å². The van der Waals surface area contributed by atoms with E-state index in [0.717, 1.165) is 13.1 Å². The molecule has 2 rings (SSSR count). The highest BCUT2D eigenvalue weighted by Gasteiger charge is 2.24. The summed E-state index contributed by atoms with van der Waals surface area (Å²) in [5, 5.41) is 0. The molecule has 1 fully saturated rings. The zero-order valence-electron chi connectivity index (χ0n) is 12.0. The van der Waals surface area contributed by atoms with Crippen molar-refractivity contribution in [2.45, 2.75) is 0 Å². The summed E-state index contributed by atoms with van der Waals surface area (Å²) >= 11 is 0. The topological polar surface area (TPSA) is 32.8 Å². The summed E-state index contributed by atoms with van der Waals surface area (Å²) in [6, 6.07) is 5.73. The summed E-state index contributed by atoms with van der Waals surface area (Å²) in [6.07, 6.45) is 0. The first kappa shape index (κ1) is 14.9. The standard InChI is InChI=1S/C15H21FN2O2/c1-17-7-8-18(10-12(9-17)11-20-2)15(19)13-3-5-14(16)6-4-13/h3-6,12H,7-11H2,1-2H3/t12-/m0/s1. The zero-order chi connectivity index (χ0) is 14.5. The van der Waals surface area contributed by atoms with E-state index in [1.54, 1.807) is 7.11 Å². The monoisotopic (exact) mass is 280 g/mol. The first-order chi connectivity index (χ1) is 9.60. The lowest BCUT2D eigenvalue weighted by molar-refractivity contribution is 0.0707. The quantitative estimate of drug-likeness (QED) is 0.840. The van der Waals surface area contributed by atoms with Gasteiger partial charge in [-0.3, -0.25) is 4.79 Å². The molecule has 1 aliphatic rings. The zero-order valence-corrected chi connectivity index (χ0v) is 12.0. The maximum atomic E-state index is 12.9. The van der Waals surface area contributed by atoms with Crippen molar-refractivity contribution < 1.29 is 13.9 Å². The Kier molecular flexibility index (Phi) is 5.09. The minimum Gasteiger partial charge on any atom is -0.384 e. The molecule has 4 nitrogen and oxygen atoms in total. The Morgan fingerprint density at radius 3 is 2.65 bits per heavy atom. The third-order valence-corrected chi connectivity index (χ3v) is 3.58. The number of carbonyl (C=O) groups excluding carboxylic acids is 1. The van der Waals surface area contributed by atoms with Crippen molar-refractivity contribution in [3.8, 4) is 0 Å². The number of nitrogens with zero attached hydrogens (tertiary/aromatic N) is 2. The van der Waals surface area contributed by atoms with Crippen molar-refractivity contribution in [1.29, 1.82) is 0 Å². The fourth-order valence-electron chi connectivity index (χ4n) is 2.58. The van der Waals surface area contributed by atoms with E-state index in [1.807, 2.05) is 4.90 Å². The number of ether oxygens (including phenoxy) is 1. The first-order valence-electron chi connectivity index (χ1n) is 6.82. The van der Waals surface area contributed by atoms with Gasteiger partial charge in [0, 0.05) is 44.8 Å². The lowest BCUT2D eigenvalue weighted by Gasteiger charge is -2.23. The summed E-state index contributed by atoms with van der Waals surface area (Å²) in [6.45, 7) is 3.76. The molecule has 5 heteroatoms. The molecule has 0 aromatic heterocycles. The summed E-state index contributed by atoms with van der Waals surface area (Å²) < 4.78 is 18.1. The Morgan fingerprint density at radius 1 is 1.30 bits per heavy atom. The molecule has 1 aromatic rings. The maximum Gasteiger partial charge on any atom is 0.253 e. The number of rotatable bonds is 3. The van der Waals surface area contributed by atoms with E-state index < -0.39 is 0 Å². The fraction of sp³-hybridized carbons (Fsp3) is 0.533. The van der Waals surface area contributed by atoms with E-state index in [0.29, 0.717) is 31.2 Å². The highest BCUT2D eigenvalue weighted by molar-refractivity contribution is 5.94. The fourth-order valence-corrected chi connectivity index (χ4v) is 2.58. The van der Waals surface area contributed by atoms with E-state index in [2.05, 4.69) is 11.9 Å². The van der Waals surface area contributed by atoms with Crippen molar-refractivity contribution >= 4 is 5.91 Å². The van der Waals surface area contributed by atoms with Gasteiger partial charge >= 0.3 is 0 Å². The van der Waals surface area contributed by atoms with Crippen molar-refractivity contribution in [2.24, 2.45) is 5.92 Å². The molecular weight excluding hydrogens is 259 g/mol. The Morgan fingerprint density at radius 2 is 2.00 bits per heavy atom. The minimum atomic E-state index is -0.325. The molecule has 1 saturated heterocycles. The smallest absolute Gasteiger partial charge is 0.253 e. The number of methoxy groups -OCH3 is 1. The van der Waals surface area contributed by atoms with Crippen LogP contribution in [0.2, 0.25) is 0 Å². The molecule has 0 aliphatic carbocycles. The lowest BCUT2D eigenvalue weighted by Crippen LogP contribution is -2.37. The molecule has 0 spiro atoms. The lowest BCUT2D eigenvalue weighted by atomic mass is 10.1. The highest BCUT2D eigenvalue weighted by atomic mass is 19.1. The average Bonchev–Trinajstić information content (AvgIpc) is 2.61. The predicted octanol–water partition coefficient (Wildman–Crippen LogP) is 1.48. The van der Waals surface area contributed by atoms with Crippen LogP contribution in [0.3, 0.4) is 0 Å². The first-order valence-corrected chi connectivity index (χ1v) is 6.82. The summed E-state index contributed by atoms with van der Waals surface area (Å²) in [4.78, 5) is 16.5. The van der Waals surface area contributed by atoms with E-state index in [4.69, 9.17) is 4.74 Å². The van der Waals surface area contributed by atoms with Gasteiger partial charge < -0.3 is 14.5 Å². The van der Waals surface area contributed by atoms with Gasteiger partial charge in [0.1, 0.15) is 5.82 Å². The van der Waals surface area contributed by atoms with Crippen LogP contribution in [-0.4, -0.2) is 62.7 Å². The number of likely N-dealkylation sites (N-methyl/N-ethyl adjacent to an activating group) is 1. The molecule has 1 aromatic carbocycles. The third-order valence-electron chi connectivity index (χ3n) is 3.58. The van der Waals surface area contributed by atoms with Crippen LogP contribution >= 0.6 is 0 Å². The number of halogens is 1. The molecule has 0 radical (unpaired) electrons. The van der Waals surface area contributed by atoms with Crippen molar-refractivity contribution in [3.63, 3.8) is 0 Å². The molecule has 1 heterocycles. The van der Waals surface area contributed by atoms with E-state index >= 15 is 0 Å². The van der Waals surface area contributed by atoms with Crippen LogP contribution in [0, 0.1) is 11.7 Å². The van der Waals surface area contributed by atoms with Crippen LogP contribution in [0.25, 0.3) is 0 Å². The Labute approximate surface area is 119 Å². The van der Waals surface area contributed by atoms with Crippen LogP contribution in [0.4, 0.5) is 4.39 Å². The van der Waals surface area contributed by atoms with Crippen LogP contribution in [0.5, 0.6) is 0 Å². The Hall–Kier alpha value is -1.46. The predicted molar refractivity (Wildman–Crippen MR) is 75.2 cm³/mol. The number of carbonyl (C=O) groups is 1. The third kappa shape index (κ3) is 3.77. The Bertz CT molecular complexity index is 450. The van der Waals surface area contributed by atoms with E-state index in [9.17, 15) is 9.18 Å². The largest absolute Gasteiger partial charge is 0.384 e. The van der Waals surface area contributed by atoms with Crippen LogP contribution in [0.15, 0.2) is 24.3 Å². The maximum absolute atomic E-state index is 12.9. The number of amides is 1. The summed E-state index contributed by atoms with van der Waals surface area (Å²) in [5.41, 5.74) is 0.534. The second kappa shape index (κ2) is 6.81. The molecule has 110 valence electrons. The van der Waals surface area contributed by atoms with Gasteiger partial charge in [0.25, 0.3) is 5.91 Å². The van der Waals surface area contributed by atoms with Gasteiger partial charge in [-0.1, -0.05) is 0 Å². The van der Waals surface area contributed by atoms with Crippen LogP contribution in [0.1, 0.15) is 10.4 Å². The average molecular weight is 280 g/mol. The van der Waals surface area contributed by atoms with Gasteiger partial charge in [-0.15, -0.1) is 0 Å². The summed E-state index contributed by atoms with van der Waals surface area (Å²) in [7, 11) is 3.73. The van der Waals surface area contributed by atoms with Gasteiger partial charge in [0.05, 0.1) is 6.61 Å². The van der Waals surface area contributed by atoms with Gasteiger partial charge in [0.2, 0.25) is 0 Å². The molecule has 1 atom stereocenters. The number of hydrogen-bond acceptors (Lipinski definition) is 3. The van der Waals surface area contributed by atoms with Crippen LogP contribution < -0.4 is 0 Å². The molecule has 0 saturated carbocycles.